The van der Waals surface area contributed by atoms with E-state index in [0.717, 1.165) is 48.0 Å². The van der Waals surface area contributed by atoms with Gasteiger partial charge < -0.3 is 20.3 Å². The molecule has 60 heavy (non-hydrogen) atoms. The fourth-order valence-corrected chi connectivity index (χ4v) is 11.9. The van der Waals surface area contributed by atoms with E-state index in [1.165, 1.54) is 12.1 Å². The molecule has 4 atom stereocenters. The second kappa shape index (κ2) is 13.7. The fourth-order valence-electron chi connectivity index (χ4n) is 10.7. The third kappa shape index (κ3) is 5.86. The van der Waals surface area contributed by atoms with Crippen molar-refractivity contribution in [3.05, 3.63) is 64.5 Å². The van der Waals surface area contributed by atoms with E-state index in [2.05, 4.69) is 26.9 Å². The lowest BCUT2D eigenvalue weighted by Crippen LogP contribution is -2.74. The topological polar surface area (TPSA) is 142 Å². The van der Waals surface area contributed by atoms with E-state index in [-0.39, 0.29) is 96.4 Å². The van der Waals surface area contributed by atoms with Crippen LogP contribution in [0.4, 0.5) is 37.6 Å². The summed E-state index contributed by atoms with van der Waals surface area (Å²) in [4.78, 5) is 32.6. The number of halogens is 6. The summed E-state index contributed by atoms with van der Waals surface area (Å²) >= 11 is 7.89. The summed E-state index contributed by atoms with van der Waals surface area (Å²) in [6.45, 7) is 5.69. The summed E-state index contributed by atoms with van der Waals surface area (Å²) in [5.41, 5.74) is 4.75. The van der Waals surface area contributed by atoms with E-state index < -0.39 is 40.8 Å². The Morgan fingerprint density at radius 3 is 2.67 bits per heavy atom. The maximum Gasteiger partial charge on any atom is 0.346 e. The van der Waals surface area contributed by atoms with E-state index >= 15 is 8.78 Å². The minimum atomic E-state index is -1.70. The zero-order chi connectivity index (χ0) is 42.0. The maximum atomic E-state index is 17.5. The molecule has 1 saturated carbocycles. The van der Waals surface area contributed by atoms with E-state index in [1.807, 2.05) is 17.9 Å². The molecule has 4 saturated heterocycles. The lowest BCUT2D eigenvalue weighted by atomic mass is 9.60. The number of carbonyl (C=O) groups excluding carboxylic acids is 1. The summed E-state index contributed by atoms with van der Waals surface area (Å²) < 4.78 is 81.6. The van der Waals surface area contributed by atoms with Gasteiger partial charge in [0.05, 0.1) is 20.8 Å². The highest BCUT2D eigenvalue weighted by Gasteiger charge is 2.66. The molecular weight excluding hydrogens is 827 g/mol. The molecule has 19 heteroatoms. The standard InChI is InChI=1S/C41H38ClF5N10O2S/c1-20-6-8-40(17-56(35(40)39(2)9-10-39)38(58)57-19-50-36(47)53-57)16-55(20)34-23-12-25(42)28(22-4-5-26(43)31-27(22)24(14-48)33(49)60-31)29(44)30(23)51-37(52-34)59-18-41-7-3-11-54(41)15-21(13-41)32(45)46/h4-5,12,19-20,35H,3,6-11,13,15-18,49H2,1-2H3/t20-,35+,40+,41+/m0/s1. The minimum absolute atomic E-state index is 0.00383. The van der Waals surface area contributed by atoms with Crippen molar-refractivity contribution in [3.63, 3.8) is 0 Å². The number of carbonyl (C=O) groups is 1. The molecule has 5 fully saturated rings. The van der Waals surface area contributed by atoms with Crippen molar-refractivity contribution >= 4 is 60.8 Å². The normalized spacial score (nSPS) is 25.9. The number of fused-ring (bicyclic) bond motifs is 3. The highest BCUT2D eigenvalue weighted by molar-refractivity contribution is 7.23. The SMILES string of the molecule is C[C@H]1CC[C@]2(CN(C(=O)n3cnc(F)n3)[C@@H]2C2(C)CC2)CN1c1nc(OC[C@]23CCCN2CC(=C(F)F)C3)nc2c(F)c(-c3ccc(F)c4sc(N)c(C#N)c34)c(Cl)cc12. The van der Waals surface area contributed by atoms with Crippen molar-refractivity contribution in [2.75, 3.05) is 43.4 Å². The van der Waals surface area contributed by atoms with Crippen LogP contribution in [0.1, 0.15) is 64.4 Å². The van der Waals surface area contributed by atoms with Gasteiger partial charge in [0.15, 0.2) is 5.82 Å². The van der Waals surface area contributed by atoms with E-state index in [1.54, 1.807) is 11.0 Å². The average molecular weight is 865 g/mol. The van der Waals surface area contributed by atoms with Crippen molar-refractivity contribution in [2.24, 2.45) is 10.8 Å². The van der Waals surface area contributed by atoms with Crippen molar-refractivity contribution in [1.29, 1.82) is 5.26 Å². The van der Waals surface area contributed by atoms with Crippen LogP contribution in [0, 0.1) is 39.9 Å². The summed E-state index contributed by atoms with van der Waals surface area (Å²) in [5, 5.41) is 14.1. The van der Waals surface area contributed by atoms with Crippen molar-refractivity contribution in [3.8, 4) is 23.2 Å². The van der Waals surface area contributed by atoms with E-state index in [4.69, 9.17) is 27.1 Å². The van der Waals surface area contributed by atoms with Gasteiger partial charge in [-0.25, -0.2) is 13.6 Å². The number of likely N-dealkylation sites (tertiary alicyclic amines) is 1. The molecule has 12 nitrogen and oxygen atoms in total. The monoisotopic (exact) mass is 864 g/mol. The smallest absolute Gasteiger partial charge is 0.346 e. The first-order valence-corrected chi connectivity index (χ1v) is 21.0. The molecule has 1 amide bonds. The molecule has 1 aliphatic carbocycles. The molecule has 1 spiro atoms. The van der Waals surface area contributed by atoms with Gasteiger partial charge in [0.1, 0.15) is 41.2 Å². The Bertz CT molecular complexity index is 2730. The summed E-state index contributed by atoms with van der Waals surface area (Å²) in [7, 11) is 0. The number of piperidine rings is 1. The van der Waals surface area contributed by atoms with E-state index in [0.29, 0.717) is 38.3 Å². The van der Waals surface area contributed by atoms with Gasteiger partial charge in [0.25, 0.3) is 6.08 Å². The predicted octanol–water partition coefficient (Wildman–Crippen LogP) is 8.52. The predicted molar refractivity (Wildman–Crippen MR) is 214 cm³/mol. The van der Waals surface area contributed by atoms with Crippen LogP contribution in [0.5, 0.6) is 6.01 Å². The number of nitrogen functional groups attached to an aromatic ring is 1. The number of hydrogen-bond acceptors (Lipinski definition) is 11. The van der Waals surface area contributed by atoms with Gasteiger partial charge in [-0.3, -0.25) is 4.90 Å². The van der Waals surface area contributed by atoms with Crippen molar-refractivity contribution in [1.82, 2.24) is 34.5 Å². The molecule has 7 heterocycles. The molecule has 0 radical (unpaired) electrons. The minimum Gasteiger partial charge on any atom is -0.461 e. The average Bonchev–Trinajstić information content (AvgIpc) is 3.57. The Hall–Kier alpha value is -5.12. The summed E-state index contributed by atoms with van der Waals surface area (Å²) in [6, 6.07) is 5.12. The third-order valence-corrected chi connectivity index (χ3v) is 15.1. The van der Waals surface area contributed by atoms with E-state index in [9.17, 15) is 23.2 Å². The number of aromatic nitrogens is 5. The zero-order valence-corrected chi connectivity index (χ0v) is 34.1. The van der Waals surface area contributed by atoms with Gasteiger partial charge in [-0.05, 0) is 81.5 Å². The number of hydrogen-bond donors (Lipinski definition) is 1. The Labute approximate surface area is 349 Å². The highest BCUT2D eigenvalue weighted by Crippen LogP contribution is 2.62. The van der Waals surface area contributed by atoms with Gasteiger partial charge in [0.2, 0.25) is 0 Å². The molecule has 2 aromatic carbocycles. The fraction of sp³-hybridized carbons (Fsp3) is 0.463. The Balaban J connectivity index is 1.10. The molecule has 5 aliphatic rings. The number of anilines is 2. The Morgan fingerprint density at radius 2 is 1.95 bits per heavy atom. The molecule has 2 N–H and O–H groups in total. The second-order valence-electron chi connectivity index (χ2n) is 17.4. The summed E-state index contributed by atoms with van der Waals surface area (Å²) in [6.07, 6.45) is 3.16. The Kier molecular flexibility index (Phi) is 8.91. The largest absolute Gasteiger partial charge is 0.461 e. The van der Waals surface area contributed by atoms with Crippen LogP contribution in [0.3, 0.4) is 0 Å². The first kappa shape index (κ1) is 39.0. The van der Waals surface area contributed by atoms with Crippen LogP contribution in [-0.4, -0.2) is 91.0 Å². The van der Waals surface area contributed by atoms with Crippen LogP contribution in [0.25, 0.3) is 32.1 Å². The first-order valence-electron chi connectivity index (χ1n) is 19.8. The lowest BCUT2D eigenvalue weighted by molar-refractivity contribution is -0.0883. The zero-order valence-electron chi connectivity index (χ0n) is 32.5. The maximum absolute atomic E-state index is 17.5. The first-order chi connectivity index (χ1) is 28.7. The van der Waals surface area contributed by atoms with Gasteiger partial charge in [0, 0.05) is 59.0 Å². The molecule has 5 aromatic rings. The number of thiophene rings is 1. The second-order valence-corrected chi connectivity index (χ2v) is 18.9. The highest BCUT2D eigenvalue weighted by atomic mass is 35.5. The van der Waals surface area contributed by atoms with Crippen LogP contribution in [-0.2, 0) is 0 Å². The third-order valence-electron chi connectivity index (χ3n) is 13.8. The number of nitriles is 1. The lowest BCUT2D eigenvalue weighted by Gasteiger charge is -2.63. The summed E-state index contributed by atoms with van der Waals surface area (Å²) in [5.74, 6) is -1.15. The molecule has 0 bridgehead atoms. The molecule has 0 unspecified atom stereocenters. The number of ether oxygens (including phenoxy) is 1. The van der Waals surface area contributed by atoms with Gasteiger partial charge in [-0.1, -0.05) is 24.6 Å². The van der Waals surface area contributed by atoms with Gasteiger partial charge in [-0.2, -0.15) is 38.1 Å². The van der Waals surface area contributed by atoms with Gasteiger partial charge in [-0.15, -0.1) is 16.4 Å². The van der Waals surface area contributed by atoms with Crippen molar-refractivity contribution < 1.29 is 31.5 Å². The Morgan fingerprint density at radius 1 is 1.15 bits per heavy atom. The number of benzene rings is 2. The molecule has 10 rings (SSSR count). The molecule has 312 valence electrons. The van der Waals surface area contributed by atoms with Crippen LogP contribution >= 0.6 is 22.9 Å². The quantitative estimate of drug-likeness (QED) is 0.165. The number of rotatable bonds is 6. The molecule has 4 aliphatic heterocycles. The van der Waals surface area contributed by atoms with Crippen molar-refractivity contribution in [2.45, 2.75) is 76.4 Å². The number of amides is 1. The van der Waals surface area contributed by atoms with Crippen LogP contribution in [0.15, 0.2) is 36.2 Å². The number of nitrogens with two attached hydrogens (primary N) is 1. The number of nitrogens with zero attached hydrogens (tertiary/aromatic N) is 9. The van der Waals surface area contributed by atoms with Gasteiger partial charge >= 0.3 is 18.1 Å². The van der Waals surface area contributed by atoms with Crippen LogP contribution < -0.4 is 15.4 Å². The molecular formula is C41H38ClF5N10O2S. The molecule has 3 aromatic heterocycles. The van der Waals surface area contributed by atoms with Crippen LogP contribution in [0.2, 0.25) is 5.02 Å².